The first-order valence-corrected chi connectivity index (χ1v) is 11.4. The highest BCUT2D eigenvalue weighted by Crippen LogP contribution is 2.29. The number of aryl methyl sites for hydroxylation is 1. The van der Waals surface area contributed by atoms with Gasteiger partial charge in [-0.25, -0.2) is 9.50 Å². The van der Waals surface area contributed by atoms with Gasteiger partial charge in [0.15, 0.2) is 5.65 Å². The second-order valence-electron chi connectivity index (χ2n) is 8.53. The van der Waals surface area contributed by atoms with Crippen LogP contribution in [0.2, 0.25) is 0 Å². The van der Waals surface area contributed by atoms with Crippen LogP contribution in [-0.4, -0.2) is 46.7 Å². The van der Waals surface area contributed by atoms with Crippen molar-refractivity contribution in [1.29, 1.82) is 0 Å². The molecule has 0 saturated carbocycles. The van der Waals surface area contributed by atoms with E-state index in [9.17, 15) is 4.79 Å². The molecule has 7 nitrogen and oxygen atoms in total. The smallest absolute Gasteiger partial charge is 0.274 e. The Kier molecular flexibility index (Phi) is 5.79. The average Bonchev–Trinajstić information content (AvgIpc) is 3.28. The summed E-state index contributed by atoms with van der Waals surface area (Å²) in [5, 5.41) is 10.9. The number of nitrogens with one attached hydrogen (secondary N) is 2. The number of piperidine rings is 1. The van der Waals surface area contributed by atoms with Gasteiger partial charge in [0.05, 0.1) is 17.6 Å². The fourth-order valence-corrected chi connectivity index (χ4v) is 4.46. The summed E-state index contributed by atoms with van der Waals surface area (Å²) in [6.07, 6.45) is 5.74. The molecule has 3 heterocycles. The van der Waals surface area contributed by atoms with Crippen LogP contribution in [0.4, 0.5) is 11.4 Å². The van der Waals surface area contributed by atoms with Gasteiger partial charge < -0.3 is 15.5 Å². The van der Waals surface area contributed by atoms with Crippen molar-refractivity contribution in [3.8, 4) is 11.1 Å². The fraction of sp³-hybridized carbons (Fsp3) is 0.269. The zero-order valence-electron chi connectivity index (χ0n) is 19.0. The van der Waals surface area contributed by atoms with Crippen LogP contribution in [0, 0.1) is 6.92 Å². The van der Waals surface area contributed by atoms with Gasteiger partial charge in [-0.05, 0) is 50.6 Å². The molecule has 168 valence electrons. The summed E-state index contributed by atoms with van der Waals surface area (Å²) >= 11 is 0. The van der Waals surface area contributed by atoms with Gasteiger partial charge in [-0.15, -0.1) is 0 Å². The van der Waals surface area contributed by atoms with Crippen molar-refractivity contribution in [2.45, 2.75) is 25.8 Å². The number of carbonyl (C=O) groups is 1. The molecule has 1 amide bonds. The van der Waals surface area contributed by atoms with Crippen molar-refractivity contribution >= 4 is 22.9 Å². The quantitative estimate of drug-likeness (QED) is 0.488. The van der Waals surface area contributed by atoms with Gasteiger partial charge in [0.2, 0.25) is 0 Å². The number of amides is 1. The number of para-hydroxylation sites is 2. The first-order chi connectivity index (χ1) is 16.1. The lowest BCUT2D eigenvalue weighted by Gasteiger charge is -2.34. The van der Waals surface area contributed by atoms with Crippen LogP contribution in [-0.2, 0) is 0 Å². The topological polar surface area (TPSA) is 74.6 Å². The molecule has 1 aliphatic heterocycles. The maximum Gasteiger partial charge on any atom is 0.274 e. The number of carbonyl (C=O) groups excluding carboxylic acids is 1. The Hall–Kier alpha value is -3.71. The van der Waals surface area contributed by atoms with Crippen LogP contribution in [0.1, 0.15) is 28.9 Å². The normalized spacial score (nSPS) is 14.5. The number of fused-ring (bicyclic) bond motifs is 1. The van der Waals surface area contributed by atoms with Gasteiger partial charge in [-0.2, -0.15) is 5.10 Å². The van der Waals surface area contributed by atoms with E-state index in [4.69, 9.17) is 0 Å². The first-order valence-electron chi connectivity index (χ1n) is 11.4. The van der Waals surface area contributed by atoms with E-state index in [1.807, 2.05) is 37.4 Å². The Morgan fingerprint density at radius 1 is 1.06 bits per heavy atom. The third-order valence-electron chi connectivity index (χ3n) is 6.33. The number of hydrogen-bond acceptors (Lipinski definition) is 5. The number of aromatic nitrogens is 3. The van der Waals surface area contributed by atoms with Gasteiger partial charge in [-0.3, -0.25) is 4.79 Å². The number of rotatable bonds is 5. The number of hydrogen-bond donors (Lipinski definition) is 2. The molecule has 2 aromatic heterocycles. The third-order valence-corrected chi connectivity index (χ3v) is 6.33. The van der Waals surface area contributed by atoms with Crippen LogP contribution in [0.5, 0.6) is 0 Å². The van der Waals surface area contributed by atoms with Crippen LogP contribution in [0.25, 0.3) is 16.8 Å². The molecule has 0 bridgehead atoms. The number of nitrogens with zero attached hydrogens (tertiary/aromatic N) is 4. The summed E-state index contributed by atoms with van der Waals surface area (Å²) in [7, 11) is 2.02. The van der Waals surface area contributed by atoms with Crippen LogP contribution in [0.3, 0.4) is 0 Å². The third kappa shape index (κ3) is 4.32. The molecule has 2 N–H and O–H groups in total. The summed E-state index contributed by atoms with van der Waals surface area (Å²) in [6.45, 7) is 3.97. The minimum Gasteiger partial charge on any atom is -0.370 e. The summed E-state index contributed by atoms with van der Waals surface area (Å²) < 4.78 is 1.70. The molecule has 1 saturated heterocycles. The van der Waals surface area contributed by atoms with E-state index < -0.39 is 0 Å². The maximum absolute atomic E-state index is 13.2. The Morgan fingerprint density at radius 3 is 2.67 bits per heavy atom. The molecule has 1 fully saturated rings. The molecular weight excluding hydrogens is 412 g/mol. The predicted octanol–water partition coefficient (Wildman–Crippen LogP) is 4.15. The predicted molar refractivity (Wildman–Crippen MR) is 132 cm³/mol. The zero-order chi connectivity index (χ0) is 22.8. The molecule has 0 aliphatic carbocycles. The van der Waals surface area contributed by atoms with Crippen molar-refractivity contribution in [2.24, 2.45) is 0 Å². The molecule has 4 aromatic rings. The maximum atomic E-state index is 13.2. The minimum atomic E-state index is -0.230. The lowest BCUT2D eigenvalue weighted by Crippen LogP contribution is -2.41. The van der Waals surface area contributed by atoms with Crippen molar-refractivity contribution in [3.63, 3.8) is 0 Å². The van der Waals surface area contributed by atoms with E-state index in [2.05, 4.69) is 50.7 Å². The van der Waals surface area contributed by atoms with Gasteiger partial charge in [0.25, 0.3) is 5.91 Å². The van der Waals surface area contributed by atoms with Crippen molar-refractivity contribution in [2.75, 3.05) is 30.4 Å². The summed E-state index contributed by atoms with van der Waals surface area (Å²) in [5.74, 6) is -0.230. The monoisotopic (exact) mass is 440 g/mol. The van der Waals surface area contributed by atoms with E-state index in [-0.39, 0.29) is 5.91 Å². The highest BCUT2D eigenvalue weighted by atomic mass is 16.1. The molecule has 0 radical (unpaired) electrons. The fourth-order valence-electron chi connectivity index (χ4n) is 4.46. The molecule has 1 aliphatic rings. The number of anilines is 2. The largest absolute Gasteiger partial charge is 0.370 e. The second kappa shape index (κ2) is 9.03. The Morgan fingerprint density at radius 2 is 1.88 bits per heavy atom. The molecule has 0 unspecified atom stereocenters. The average molecular weight is 441 g/mol. The van der Waals surface area contributed by atoms with Crippen molar-refractivity contribution in [1.82, 2.24) is 19.9 Å². The van der Waals surface area contributed by atoms with E-state index in [0.29, 0.717) is 17.4 Å². The van der Waals surface area contributed by atoms with E-state index >= 15 is 0 Å². The van der Waals surface area contributed by atoms with Gasteiger partial charge in [-0.1, -0.05) is 42.0 Å². The Balaban J connectivity index is 1.41. The molecule has 7 heteroatoms. The van der Waals surface area contributed by atoms with Gasteiger partial charge in [0.1, 0.15) is 5.69 Å². The van der Waals surface area contributed by atoms with Gasteiger partial charge in [0, 0.05) is 30.9 Å². The summed E-state index contributed by atoms with van der Waals surface area (Å²) in [6, 6.07) is 18.4. The molecule has 2 aromatic carbocycles. The molecule has 0 spiro atoms. The highest BCUT2D eigenvalue weighted by molar-refractivity contribution is 6.05. The van der Waals surface area contributed by atoms with E-state index in [0.717, 1.165) is 54.0 Å². The highest BCUT2D eigenvalue weighted by Gasteiger charge is 2.21. The first kappa shape index (κ1) is 21.2. The molecular formula is C26H28N6O. The lowest BCUT2D eigenvalue weighted by molar-refractivity contribution is 0.102. The van der Waals surface area contributed by atoms with E-state index in [1.54, 1.807) is 23.0 Å². The standard InChI is InChI=1S/C26H28N6O/c1-18-6-5-7-19(16-18)21-17-28-32-15-12-23(29-25(21)32)26(33)30-22-8-3-4-9-24(22)31-13-10-20(27-2)11-14-31/h3-9,12,15-17,20,27H,10-11,13-14H2,1-2H3,(H,30,33). The van der Waals surface area contributed by atoms with Gasteiger partial charge >= 0.3 is 0 Å². The Labute approximate surface area is 193 Å². The SMILES string of the molecule is CNC1CCN(c2ccccc2NC(=O)c2ccn3ncc(-c4cccc(C)c4)c3n2)CC1. The minimum absolute atomic E-state index is 0.230. The molecule has 33 heavy (non-hydrogen) atoms. The van der Waals surface area contributed by atoms with Crippen molar-refractivity contribution < 1.29 is 4.79 Å². The lowest BCUT2D eigenvalue weighted by atomic mass is 10.0. The van der Waals surface area contributed by atoms with Crippen LogP contribution < -0.4 is 15.5 Å². The van der Waals surface area contributed by atoms with E-state index in [1.165, 1.54) is 0 Å². The zero-order valence-corrected chi connectivity index (χ0v) is 19.0. The number of benzene rings is 2. The van der Waals surface area contributed by atoms with Crippen molar-refractivity contribution in [3.05, 3.63) is 78.2 Å². The molecule has 5 rings (SSSR count). The summed E-state index contributed by atoms with van der Waals surface area (Å²) in [5.41, 5.74) is 5.98. The Bertz CT molecular complexity index is 1290. The van der Waals surface area contributed by atoms with Crippen LogP contribution >= 0.6 is 0 Å². The second-order valence-corrected chi connectivity index (χ2v) is 8.53. The summed E-state index contributed by atoms with van der Waals surface area (Å²) in [4.78, 5) is 20.2. The molecule has 0 atom stereocenters. The van der Waals surface area contributed by atoms with Crippen LogP contribution in [0.15, 0.2) is 67.0 Å².